The van der Waals surface area contributed by atoms with Crippen molar-refractivity contribution in [3.05, 3.63) is 12.2 Å². The lowest BCUT2D eigenvalue weighted by Crippen LogP contribution is -2.23. The number of nitrogens with one attached hydrogen (secondary N) is 1. The molecule has 1 N–H and O–H groups in total. The van der Waals surface area contributed by atoms with Crippen LogP contribution in [0.1, 0.15) is 168 Å². The first-order chi connectivity index (χ1) is 15.8. The van der Waals surface area contributed by atoms with Gasteiger partial charge in [-0.05, 0) is 38.5 Å². The predicted molar refractivity (Wildman–Crippen MR) is 144 cm³/mol. The van der Waals surface area contributed by atoms with Crippen LogP contribution in [0.4, 0.5) is 0 Å². The Hall–Kier alpha value is -0.790. The molecule has 0 aliphatic rings. The molecule has 2 heteroatoms. The van der Waals surface area contributed by atoms with Crippen LogP contribution in [0, 0.1) is 0 Å². The second kappa shape index (κ2) is 28.2. The topological polar surface area (TPSA) is 29.1 Å². The highest BCUT2D eigenvalue weighted by atomic mass is 16.1. The van der Waals surface area contributed by atoms with Gasteiger partial charge in [0, 0.05) is 13.0 Å². The van der Waals surface area contributed by atoms with Gasteiger partial charge >= 0.3 is 0 Å². The van der Waals surface area contributed by atoms with Gasteiger partial charge in [-0.15, -0.1) is 0 Å². The van der Waals surface area contributed by atoms with Crippen molar-refractivity contribution in [2.45, 2.75) is 168 Å². The Labute approximate surface area is 202 Å². The molecule has 32 heavy (non-hydrogen) atoms. The largest absolute Gasteiger partial charge is 0.356 e. The summed E-state index contributed by atoms with van der Waals surface area (Å²) in [5.41, 5.74) is 0. The SMILES string of the molecule is CCCCCCCCC=CCCCCCCCCCCCC(=O)NCCCCCCCC. The Morgan fingerprint density at radius 3 is 1.34 bits per heavy atom. The van der Waals surface area contributed by atoms with Crippen LogP contribution in [0.3, 0.4) is 0 Å². The van der Waals surface area contributed by atoms with E-state index in [-0.39, 0.29) is 5.91 Å². The lowest BCUT2D eigenvalue weighted by atomic mass is 10.1. The quantitative estimate of drug-likeness (QED) is 0.103. The molecule has 0 rings (SSSR count). The van der Waals surface area contributed by atoms with Crippen LogP contribution in [0.5, 0.6) is 0 Å². The number of hydrogen-bond acceptors (Lipinski definition) is 1. The summed E-state index contributed by atoms with van der Waals surface area (Å²) in [5, 5.41) is 3.09. The summed E-state index contributed by atoms with van der Waals surface area (Å²) in [5.74, 6) is 0.264. The Bertz CT molecular complexity index is 390. The molecule has 1 amide bonds. The van der Waals surface area contributed by atoms with E-state index >= 15 is 0 Å². The molecule has 0 saturated heterocycles. The molecule has 0 heterocycles. The maximum absolute atomic E-state index is 11.8. The maximum Gasteiger partial charge on any atom is 0.219 e. The van der Waals surface area contributed by atoms with Gasteiger partial charge in [-0.25, -0.2) is 0 Å². The molecular formula is C30H59NO. The number of carbonyl (C=O) groups excluding carboxylic acids is 1. The third kappa shape index (κ3) is 27.2. The van der Waals surface area contributed by atoms with Gasteiger partial charge in [0.1, 0.15) is 0 Å². The Morgan fingerprint density at radius 1 is 0.500 bits per heavy atom. The van der Waals surface area contributed by atoms with Crippen molar-refractivity contribution < 1.29 is 4.79 Å². The van der Waals surface area contributed by atoms with E-state index in [2.05, 4.69) is 31.3 Å². The maximum atomic E-state index is 11.8. The van der Waals surface area contributed by atoms with E-state index in [9.17, 15) is 4.79 Å². The fourth-order valence-corrected chi connectivity index (χ4v) is 4.28. The van der Waals surface area contributed by atoms with Gasteiger partial charge in [0.25, 0.3) is 0 Å². The second-order valence-corrected chi connectivity index (χ2v) is 9.87. The average Bonchev–Trinajstić information content (AvgIpc) is 2.80. The van der Waals surface area contributed by atoms with Crippen LogP contribution < -0.4 is 5.32 Å². The fourth-order valence-electron chi connectivity index (χ4n) is 4.28. The van der Waals surface area contributed by atoms with Gasteiger partial charge in [0.15, 0.2) is 0 Å². The zero-order valence-corrected chi connectivity index (χ0v) is 22.2. The minimum Gasteiger partial charge on any atom is -0.356 e. The summed E-state index contributed by atoms with van der Waals surface area (Å²) < 4.78 is 0. The number of unbranched alkanes of at least 4 members (excludes halogenated alkanes) is 20. The lowest BCUT2D eigenvalue weighted by Gasteiger charge is -2.05. The van der Waals surface area contributed by atoms with Crippen molar-refractivity contribution in [2.24, 2.45) is 0 Å². The van der Waals surface area contributed by atoms with Crippen LogP contribution in [0.15, 0.2) is 12.2 Å². The molecular weight excluding hydrogens is 390 g/mol. The predicted octanol–water partition coefficient (Wildman–Crippen LogP) is 10.1. The van der Waals surface area contributed by atoms with Crippen molar-refractivity contribution in [2.75, 3.05) is 6.54 Å². The first-order valence-electron chi connectivity index (χ1n) is 14.7. The number of amides is 1. The van der Waals surface area contributed by atoms with E-state index in [1.165, 1.54) is 135 Å². The Kier molecular flexibility index (Phi) is 27.5. The molecule has 0 radical (unpaired) electrons. The van der Waals surface area contributed by atoms with Gasteiger partial charge < -0.3 is 5.32 Å². The van der Waals surface area contributed by atoms with Gasteiger partial charge in [0.05, 0.1) is 0 Å². The van der Waals surface area contributed by atoms with Crippen LogP contribution in [0.25, 0.3) is 0 Å². The highest BCUT2D eigenvalue weighted by Gasteiger charge is 2.00. The molecule has 0 aliphatic heterocycles. The Balaban J connectivity index is 3.17. The van der Waals surface area contributed by atoms with Crippen molar-refractivity contribution in [3.63, 3.8) is 0 Å². The zero-order chi connectivity index (χ0) is 23.4. The molecule has 0 spiro atoms. The summed E-state index contributed by atoms with van der Waals surface area (Å²) in [6.45, 7) is 5.41. The minimum absolute atomic E-state index is 0.264. The average molecular weight is 450 g/mol. The number of hydrogen-bond donors (Lipinski definition) is 1. The van der Waals surface area contributed by atoms with E-state index in [1.54, 1.807) is 0 Å². The van der Waals surface area contributed by atoms with E-state index in [1.807, 2.05) is 0 Å². The van der Waals surface area contributed by atoms with E-state index in [0.29, 0.717) is 0 Å². The molecule has 0 aromatic carbocycles. The van der Waals surface area contributed by atoms with Crippen molar-refractivity contribution in [1.29, 1.82) is 0 Å². The monoisotopic (exact) mass is 449 g/mol. The third-order valence-corrected chi connectivity index (χ3v) is 6.52. The summed E-state index contributed by atoms with van der Waals surface area (Å²) in [4.78, 5) is 11.8. The fraction of sp³-hybridized carbons (Fsp3) is 0.900. The molecule has 2 nitrogen and oxygen atoms in total. The van der Waals surface area contributed by atoms with Gasteiger partial charge in [-0.3, -0.25) is 4.79 Å². The molecule has 0 saturated carbocycles. The first kappa shape index (κ1) is 31.2. The summed E-state index contributed by atoms with van der Waals surface area (Å²) in [7, 11) is 0. The van der Waals surface area contributed by atoms with E-state index in [4.69, 9.17) is 0 Å². The molecule has 0 unspecified atom stereocenters. The molecule has 0 aliphatic carbocycles. The zero-order valence-electron chi connectivity index (χ0n) is 22.2. The number of allylic oxidation sites excluding steroid dienone is 2. The van der Waals surface area contributed by atoms with Crippen molar-refractivity contribution in [3.8, 4) is 0 Å². The van der Waals surface area contributed by atoms with Crippen LogP contribution >= 0.6 is 0 Å². The second-order valence-electron chi connectivity index (χ2n) is 9.87. The highest BCUT2D eigenvalue weighted by Crippen LogP contribution is 2.12. The summed E-state index contributed by atoms with van der Waals surface area (Å²) in [6.07, 6.45) is 36.1. The van der Waals surface area contributed by atoms with Gasteiger partial charge in [-0.2, -0.15) is 0 Å². The van der Waals surface area contributed by atoms with Crippen LogP contribution in [0.2, 0.25) is 0 Å². The van der Waals surface area contributed by atoms with Gasteiger partial charge in [-0.1, -0.05) is 135 Å². The van der Waals surface area contributed by atoms with Crippen molar-refractivity contribution >= 4 is 5.91 Å². The summed E-state index contributed by atoms with van der Waals surface area (Å²) >= 11 is 0. The smallest absolute Gasteiger partial charge is 0.219 e. The van der Waals surface area contributed by atoms with E-state index in [0.717, 1.165) is 25.8 Å². The molecule has 0 atom stereocenters. The van der Waals surface area contributed by atoms with Crippen LogP contribution in [-0.4, -0.2) is 12.5 Å². The number of carbonyl (C=O) groups is 1. The molecule has 0 aromatic heterocycles. The Morgan fingerprint density at radius 2 is 0.875 bits per heavy atom. The van der Waals surface area contributed by atoms with Crippen LogP contribution in [-0.2, 0) is 4.79 Å². The molecule has 190 valence electrons. The molecule has 0 aromatic rings. The lowest BCUT2D eigenvalue weighted by molar-refractivity contribution is -0.121. The standard InChI is InChI=1S/C30H59NO/c1-3-5-7-9-11-12-13-14-15-16-17-18-19-20-21-22-23-24-26-28-30(32)31-29-27-25-10-8-6-4-2/h14-15H,3-13,16-29H2,1-2H3,(H,31,32). The minimum atomic E-state index is 0.264. The third-order valence-electron chi connectivity index (χ3n) is 6.52. The normalized spacial score (nSPS) is 11.4. The first-order valence-corrected chi connectivity index (χ1v) is 14.7. The molecule has 0 bridgehead atoms. The van der Waals surface area contributed by atoms with Crippen molar-refractivity contribution in [1.82, 2.24) is 5.32 Å². The summed E-state index contributed by atoms with van der Waals surface area (Å²) in [6, 6.07) is 0. The van der Waals surface area contributed by atoms with E-state index < -0.39 is 0 Å². The highest BCUT2D eigenvalue weighted by molar-refractivity contribution is 5.75. The number of rotatable bonds is 26. The van der Waals surface area contributed by atoms with Gasteiger partial charge in [0.2, 0.25) is 5.91 Å². The molecule has 0 fully saturated rings.